The normalized spacial score (nSPS) is 10.8. The van der Waals surface area contributed by atoms with Crippen molar-refractivity contribution < 1.29 is 0 Å². The lowest BCUT2D eigenvalue weighted by Gasteiger charge is -2.11. The van der Waals surface area contributed by atoms with Gasteiger partial charge in [0.05, 0.1) is 15.6 Å². The van der Waals surface area contributed by atoms with Crippen molar-refractivity contribution in [2.24, 2.45) is 5.73 Å². The number of aryl methyl sites for hydroxylation is 1. The number of pyridine rings is 1. The summed E-state index contributed by atoms with van der Waals surface area (Å²) in [6.45, 7) is 3.20. The Bertz CT molecular complexity index is 555. The average molecular weight is 270 g/mol. The van der Waals surface area contributed by atoms with Gasteiger partial charge in [0.2, 0.25) is 0 Å². The Balaban J connectivity index is 2.64. The summed E-state index contributed by atoms with van der Waals surface area (Å²) < 4.78 is 0. The maximum Gasteiger partial charge on any atom is 0.0927 e. The smallest absolute Gasteiger partial charge is 0.0927 e. The Morgan fingerprint density at radius 1 is 1.35 bits per heavy atom. The molecule has 2 aromatic rings. The molecular formula is C12H13Cl2N3. The minimum absolute atomic E-state index is 0.490. The van der Waals surface area contributed by atoms with Gasteiger partial charge in [-0.2, -0.15) is 0 Å². The van der Waals surface area contributed by atoms with Crippen molar-refractivity contribution in [1.29, 1.82) is 0 Å². The minimum Gasteiger partial charge on any atom is -0.383 e. The summed E-state index contributed by atoms with van der Waals surface area (Å²) in [5, 5.41) is 5.22. The first-order valence-electron chi connectivity index (χ1n) is 5.33. The van der Waals surface area contributed by atoms with Crippen LogP contribution in [0, 0.1) is 6.92 Å². The Morgan fingerprint density at radius 2 is 2.12 bits per heavy atom. The standard InChI is InChI=1S/C12H13Cl2N3/c1-7-6-10(16-5-4-15)8-2-3-9(13)11(14)12(8)17-7/h2-3,6H,4-5,15H2,1H3,(H,16,17). The third kappa shape index (κ3) is 2.46. The van der Waals surface area contributed by atoms with E-state index in [1.165, 1.54) is 0 Å². The van der Waals surface area contributed by atoms with Crippen LogP contribution in [0.3, 0.4) is 0 Å². The van der Waals surface area contributed by atoms with Crippen LogP contribution in [0.1, 0.15) is 5.69 Å². The number of hydrogen-bond acceptors (Lipinski definition) is 3. The van der Waals surface area contributed by atoms with Gasteiger partial charge >= 0.3 is 0 Å². The second-order valence-electron chi connectivity index (χ2n) is 3.78. The van der Waals surface area contributed by atoms with E-state index in [0.29, 0.717) is 23.1 Å². The van der Waals surface area contributed by atoms with Crippen molar-refractivity contribution in [3.05, 3.63) is 33.9 Å². The number of nitrogens with one attached hydrogen (secondary N) is 1. The number of anilines is 1. The van der Waals surface area contributed by atoms with Gasteiger partial charge in [0, 0.05) is 29.9 Å². The first-order chi connectivity index (χ1) is 8.13. The minimum atomic E-state index is 0.490. The highest BCUT2D eigenvalue weighted by Gasteiger charge is 2.09. The van der Waals surface area contributed by atoms with Gasteiger partial charge in [-0.05, 0) is 25.1 Å². The van der Waals surface area contributed by atoms with Crippen LogP contribution in [0.5, 0.6) is 0 Å². The van der Waals surface area contributed by atoms with E-state index in [4.69, 9.17) is 28.9 Å². The summed E-state index contributed by atoms with van der Waals surface area (Å²) in [6, 6.07) is 5.66. The highest BCUT2D eigenvalue weighted by Crippen LogP contribution is 2.33. The number of halogens is 2. The van der Waals surface area contributed by atoms with Gasteiger partial charge in [-0.25, -0.2) is 0 Å². The number of hydrogen-bond donors (Lipinski definition) is 2. The average Bonchev–Trinajstić information content (AvgIpc) is 2.31. The first kappa shape index (κ1) is 12.4. The molecule has 3 nitrogen and oxygen atoms in total. The van der Waals surface area contributed by atoms with Gasteiger partial charge in [-0.15, -0.1) is 0 Å². The van der Waals surface area contributed by atoms with Crippen molar-refractivity contribution in [2.45, 2.75) is 6.92 Å². The molecule has 0 aliphatic rings. The lowest BCUT2D eigenvalue weighted by Crippen LogP contribution is -2.13. The van der Waals surface area contributed by atoms with Gasteiger partial charge < -0.3 is 11.1 Å². The van der Waals surface area contributed by atoms with Crippen molar-refractivity contribution in [3.63, 3.8) is 0 Å². The molecule has 3 N–H and O–H groups in total. The van der Waals surface area contributed by atoms with Crippen molar-refractivity contribution in [3.8, 4) is 0 Å². The largest absolute Gasteiger partial charge is 0.383 e. The summed E-state index contributed by atoms with van der Waals surface area (Å²) in [4.78, 5) is 4.42. The molecule has 5 heteroatoms. The number of fused-ring (bicyclic) bond motifs is 1. The zero-order valence-electron chi connectivity index (χ0n) is 9.43. The maximum absolute atomic E-state index is 6.16. The molecule has 0 atom stereocenters. The SMILES string of the molecule is Cc1cc(NCCN)c2ccc(Cl)c(Cl)c2n1. The van der Waals surface area contributed by atoms with Crippen LogP contribution < -0.4 is 11.1 Å². The fourth-order valence-corrected chi connectivity index (χ4v) is 2.07. The van der Waals surface area contributed by atoms with E-state index < -0.39 is 0 Å². The molecular weight excluding hydrogens is 257 g/mol. The molecule has 0 aliphatic carbocycles. The molecule has 90 valence electrons. The van der Waals surface area contributed by atoms with Gasteiger partial charge in [0.25, 0.3) is 0 Å². The summed E-state index contributed by atoms with van der Waals surface area (Å²) >= 11 is 12.1. The molecule has 1 aromatic heterocycles. The Labute approximate surface area is 110 Å². The van der Waals surface area contributed by atoms with Crippen LogP contribution in [0.4, 0.5) is 5.69 Å². The van der Waals surface area contributed by atoms with Gasteiger partial charge in [0.15, 0.2) is 0 Å². The van der Waals surface area contributed by atoms with E-state index in [1.54, 1.807) is 6.07 Å². The molecule has 0 unspecified atom stereocenters. The third-order valence-electron chi connectivity index (χ3n) is 2.46. The van der Waals surface area contributed by atoms with E-state index in [0.717, 1.165) is 22.3 Å². The van der Waals surface area contributed by atoms with Crippen LogP contribution in [0.25, 0.3) is 10.9 Å². The molecule has 0 saturated heterocycles. The summed E-state index contributed by atoms with van der Waals surface area (Å²) in [7, 11) is 0. The van der Waals surface area contributed by atoms with Crippen LogP contribution in [0.2, 0.25) is 10.0 Å². The second-order valence-corrected chi connectivity index (χ2v) is 4.57. The molecule has 2 rings (SSSR count). The predicted molar refractivity (Wildman–Crippen MR) is 74.0 cm³/mol. The Kier molecular flexibility index (Phi) is 3.72. The van der Waals surface area contributed by atoms with E-state index in [2.05, 4.69) is 10.3 Å². The fraction of sp³-hybridized carbons (Fsp3) is 0.250. The second kappa shape index (κ2) is 5.08. The van der Waals surface area contributed by atoms with Gasteiger partial charge in [-0.3, -0.25) is 4.98 Å². The lowest BCUT2D eigenvalue weighted by atomic mass is 10.1. The van der Waals surface area contributed by atoms with Crippen molar-refractivity contribution in [2.75, 3.05) is 18.4 Å². The van der Waals surface area contributed by atoms with E-state index in [-0.39, 0.29) is 0 Å². The van der Waals surface area contributed by atoms with Gasteiger partial charge in [0.1, 0.15) is 0 Å². The maximum atomic E-state index is 6.16. The Morgan fingerprint density at radius 3 is 2.82 bits per heavy atom. The topological polar surface area (TPSA) is 50.9 Å². The molecule has 1 heterocycles. The highest BCUT2D eigenvalue weighted by atomic mass is 35.5. The zero-order valence-corrected chi connectivity index (χ0v) is 10.9. The molecule has 0 bridgehead atoms. The molecule has 0 amide bonds. The summed E-state index contributed by atoms with van der Waals surface area (Å²) in [6.07, 6.45) is 0. The van der Waals surface area contributed by atoms with Crippen LogP contribution in [-0.4, -0.2) is 18.1 Å². The monoisotopic (exact) mass is 269 g/mol. The van der Waals surface area contributed by atoms with Crippen molar-refractivity contribution in [1.82, 2.24) is 4.98 Å². The number of nitrogens with zero attached hydrogens (tertiary/aromatic N) is 1. The molecule has 0 spiro atoms. The third-order valence-corrected chi connectivity index (χ3v) is 3.25. The first-order valence-corrected chi connectivity index (χ1v) is 6.08. The summed E-state index contributed by atoms with van der Waals surface area (Å²) in [5.41, 5.74) is 8.08. The summed E-state index contributed by atoms with van der Waals surface area (Å²) in [5.74, 6) is 0. The zero-order chi connectivity index (χ0) is 12.4. The highest BCUT2D eigenvalue weighted by molar-refractivity contribution is 6.45. The Hall–Kier alpha value is -1.03. The van der Waals surface area contributed by atoms with E-state index in [1.807, 2.05) is 19.1 Å². The lowest BCUT2D eigenvalue weighted by molar-refractivity contribution is 1.02. The molecule has 1 aromatic carbocycles. The molecule has 0 aliphatic heterocycles. The molecule has 0 fully saturated rings. The number of aromatic nitrogens is 1. The van der Waals surface area contributed by atoms with Crippen LogP contribution >= 0.6 is 23.2 Å². The predicted octanol–water partition coefficient (Wildman–Crippen LogP) is 3.22. The molecule has 17 heavy (non-hydrogen) atoms. The van der Waals surface area contributed by atoms with Gasteiger partial charge in [-0.1, -0.05) is 23.2 Å². The fourth-order valence-electron chi connectivity index (χ4n) is 1.71. The number of nitrogens with two attached hydrogens (primary N) is 1. The van der Waals surface area contributed by atoms with Crippen LogP contribution in [-0.2, 0) is 0 Å². The van der Waals surface area contributed by atoms with E-state index in [9.17, 15) is 0 Å². The van der Waals surface area contributed by atoms with E-state index >= 15 is 0 Å². The molecule has 0 saturated carbocycles. The number of rotatable bonds is 3. The number of benzene rings is 1. The molecule has 0 radical (unpaired) electrons. The van der Waals surface area contributed by atoms with Crippen molar-refractivity contribution >= 4 is 39.8 Å². The van der Waals surface area contributed by atoms with Crippen LogP contribution in [0.15, 0.2) is 18.2 Å². The quantitative estimate of drug-likeness (QED) is 0.900.